The average Bonchev–Trinajstić information content (AvgIpc) is 3.29. The quantitative estimate of drug-likeness (QED) is 0.423. The highest BCUT2D eigenvalue weighted by Gasteiger charge is 2.39. The van der Waals surface area contributed by atoms with Crippen LogP contribution < -0.4 is 0 Å². The van der Waals surface area contributed by atoms with Gasteiger partial charge in [0, 0.05) is 46.6 Å². The number of aliphatic imine (C=N–C) groups is 1. The van der Waals surface area contributed by atoms with E-state index in [2.05, 4.69) is 69.1 Å². The molecule has 1 saturated heterocycles. The molecule has 1 unspecified atom stereocenters. The molecule has 186 valence electrons. The third-order valence-electron chi connectivity index (χ3n) is 8.05. The van der Waals surface area contributed by atoms with Gasteiger partial charge in [-0.1, -0.05) is 80.9 Å². The molecule has 4 heterocycles. The summed E-state index contributed by atoms with van der Waals surface area (Å²) in [5.74, 6) is 2.24. The lowest BCUT2D eigenvalue weighted by atomic mass is 9.78. The second-order valence-corrected chi connectivity index (χ2v) is 13.5. The van der Waals surface area contributed by atoms with Gasteiger partial charge >= 0.3 is 0 Å². The second-order valence-electron chi connectivity index (χ2n) is 10.2. The summed E-state index contributed by atoms with van der Waals surface area (Å²) >= 11 is 6.54. The van der Waals surface area contributed by atoms with E-state index in [0.717, 1.165) is 57.2 Å². The van der Waals surface area contributed by atoms with Gasteiger partial charge in [0.05, 0.1) is 25.5 Å². The third-order valence-corrected chi connectivity index (χ3v) is 11.6. The van der Waals surface area contributed by atoms with Crippen molar-refractivity contribution in [2.75, 3.05) is 32.8 Å². The molecule has 2 fully saturated rings. The minimum Gasteiger partial charge on any atom is -0.379 e. The van der Waals surface area contributed by atoms with Gasteiger partial charge in [-0.15, -0.1) is 0 Å². The summed E-state index contributed by atoms with van der Waals surface area (Å²) < 4.78 is 11.0. The fourth-order valence-electron chi connectivity index (χ4n) is 5.97. The molecule has 1 saturated carbocycles. The molecule has 5 aliphatic rings. The molecule has 0 bridgehead atoms. The molecule has 7 heteroatoms. The van der Waals surface area contributed by atoms with E-state index in [-0.39, 0.29) is 20.7 Å². The lowest BCUT2D eigenvalue weighted by molar-refractivity contribution is -0.00803. The molecule has 2 aromatic rings. The van der Waals surface area contributed by atoms with Gasteiger partial charge in [-0.05, 0) is 34.4 Å². The molecule has 3 aliphatic heterocycles. The standard InChI is InChI=1S/C29H30ClIN4O/c30-28-27-26(21-7-6-20-8-9-24(31-25(20)18-21)19-4-2-1-3-5-19)33-29(35(27)11-10-32-28)22-16-23(17-22)34-12-14-36-15-13-34/h1-4,6-9,18-19,22-23H,5,10-17H2. The largest absolute Gasteiger partial charge is 0.379 e. The van der Waals surface area contributed by atoms with Crippen LogP contribution >= 0.6 is 32.3 Å². The number of imidazole rings is 1. The van der Waals surface area contributed by atoms with Crippen molar-refractivity contribution in [3.05, 3.63) is 69.2 Å². The number of benzene rings is 1. The van der Waals surface area contributed by atoms with Crippen LogP contribution in [0.4, 0.5) is 0 Å². The van der Waals surface area contributed by atoms with E-state index >= 15 is 0 Å². The SMILES string of the molecule is ClC1=NCCn2c(C3CC(N4CCOCC4)C3)nc(-c3ccc4c(c3)I=C(C3C=CC=CC3)C=C4)c21. The van der Waals surface area contributed by atoms with E-state index in [1.165, 1.54) is 33.4 Å². The van der Waals surface area contributed by atoms with Crippen molar-refractivity contribution in [2.24, 2.45) is 10.9 Å². The van der Waals surface area contributed by atoms with E-state index in [1.54, 1.807) is 3.51 Å². The highest BCUT2D eigenvalue weighted by molar-refractivity contribution is 14.2. The highest BCUT2D eigenvalue weighted by Crippen LogP contribution is 2.43. The van der Waals surface area contributed by atoms with Crippen LogP contribution in [0.2, 0.25) is 0 Å². The number of allylic oxidation sites excluding steroid dienone is 5. The number of fused-ring (bicyclic) bond motifs is 2. The van der Waals surface area contributed by atoms with E-state index in [9.17, 15) is 0 Å². The minimum atomic E-state index is -0.209. The number of hydrogen-bond donors (Lipinski definition) is 0. The Balaban J connectivity index is 1.21. The molecule has 1 aromatic heterocycles. The van der Waals surface area contributed by atoms with Crippen LogP contribution in [-0.4, -0.2) is 62.0 Å². The number of morpholine rings is 1. The van der Waals surface area contributed by atoms with E-state index < -0.39 is 0 Å². The van der Waals surface area contributed by atoms with Crippen LogP contribution in [0.25, 0.3) is 17.3 Å². The van der Waals surface area contributed by atoms with Gasteiger partial charge in [0.15, 0.2) is 0 Å². The molecule has 36 heavy (non-hydrogen) atoms. The van der Waals surface area contributed by atoms with Crippen molar-refractivity contribution in [3.8, 4) is 11.3 Å². The Morgan fingerprint density at radius 2 is 1.94 bits per heavy atom. The molecule has 1 aromatic carbocycles. The number of hydrogen-bond acceptors (Lipinski definition) is 4. The van der Waals surface area contributed by atoms with Gasteiger partial charge in [-0.25, -0.2) is 4.98 Å². The second kappa shape index (κ2) is 9.78. The molecule has 1 atom stereocenters. The average molecular weight is 613 g/mol. The fourth-order valence-corrected chi connectivity index (χ4v) is 9.30. The van der Waals surface area contributed by atoms with Crippen LogP contribution in [0.3, 0.4) is 0 Å². The van der Waals surface area contributed by atoms with Gasteiger partial charge in [-0.2, -0.15) is 0 Å². The van der Waals surface area contributed by atoms with Crippen LogP contribution in [0, 0.1) is 9.49 Å². The Morgan fingerprint density at radius 1 is 1.06 bits per heavy atom. The topological polar surface area (TPSA) is 42.7 Å². The third kappa shape index (κ3) is 4.20. The van der Waals surface area contributed by atoms with Crippen molar-refractivity contribution in [2.45, 2.75) is 37.8 Å². The zero-order valence-corrected chi connectivity index (χ0v) is 23.2. The first kappa shape index (κ1) is 23.3. The van der Waals surface area contributed by atoms with Gasteiger partial charge in [0.25, 0.3) is 0 Å². The normalized spacial score (nSPS) is 27.4. The maximum Gasteiger partial charge on any atom is 0.149 e. The molecule has 0 N–H and O–H groups in total. The molecular weight excluding hydrogens is 583 g/mol. The Bertz CT molecular complexity index is 1340. The van der Waals surface area contributed by atoms with Crippen molar-refractivity contribution in [1.29, 1.82) is 0 Å². The van der Waals surface area contributed by atoms with Crippen LogP contribution in [0.15, 0.2) is 53.6 Å². The Labute approximate surface area is 227 Å². The van der Waals surface area contributed by atoms with Crippen molar-refractivity contribution in [1.82, 2.24) is 14.5 Å². The smallest absolute Gasteiger partial charge is 0.149 e. The molecule has 5 nitrogen and oxygen atoms in total. The summed E-state index contributed by atoms with van der Waals surface area (Å²) in [7, 11) is 0. The van der Waals surface area contributed by atoms with Crippen molar-refractivity contribution in [3.63, 3.8) is 0 Å². The minimum absolute atomic E-state index is 0.209. The van der Waals surface area contributed by atoms with Gasteiger partial charge in [-0.3, -0.25) is 9.89 Å². The lowest BCUT2D eigenvalue weighted by Crippen LogP contribution is -2.49. The first-order valence-electron chi connectivity index (χ1n) is 13.0. The number of ether oxygens (including phenoxy) is 1. The predicted molar refractivity (Wildman–Crippen MR) is 156 cm³/mol. The first-order valence-corrected chi connectivity index (χ1v) is 15.6. The molecule has 7 rings (SSSR count). The summed E-state index contributed by atoms with van der Waals surface area (Å²) in [5.41, 5.74) is 4.56. The molecular formula is C29H30ClIN4O. The van der Waals surface area contributed by atoms with Crippen LogP contribution in [0.5, 0.6) is 0 Å². The summed E-state index contributed by atoms with van der Waals surface area (Å²) in [4.78, 5) is 12.5. The van der Waals surface area contributed by atoms with Gasteiger partial charge in [0.2, 0.25) is 0 Å². The molecule has 0 spiro atoms. The number of halogens is 2. The monoisotopic (exact) mass is 612 g/mol. The van der Waals surface area contributed by atoms with Gasteiger partial charge < -0.3 is 9.30 Å². The maximum absolute atomic E-state index is 6.74. The van der Waals surface area contributed by atoms with Crippen LogP contribution in [0.1, 0.15) is 42.3 Å². The summed E-state index contributed by atoms with van der Waals surface area (Å²) in [6.07, 6.45) is 17.1. The number of aromatic nitrogens is 2. The zero-order valence-electron chi connectivity index (χ0n) is 20.2. The summed E-state index contributed by atoms with van der Waals surface area (Å²) in [6.45, 7) is 5.43. The summed E-state index contributed by atoms with van der Waals surface area (Å²) in [6, 6.07) is 7.54. The number of rotatable bonds is 4. The van der Waals surface area contributed by atoms with Gasteiger partial charge in [0.1, 0.15) is 16.7 Å². The fraction of sp³-hybridized carbons (Fsp3) is 0.414. The van der Waals surface area contributed by atoms with Crippen molar-refractivity contribution >= 4 is 47.1 Å². The van der Waals surface area contributed by atoms with Crippen LogP contribution in [-0.2, 0) is 11.3 Å². The number of nitrogens with zero attached hydrogens (tertiary/aromatic N) is 4. The van der Waals surface area contributed by atoms with E-state index in [4.69, 9.17) is 21.3 Å². The lowest BCUT2D eigenvalue weighted by Gasteiger charge is -2.44. The Kier molecular flexibility index (Phi) is 6.32. The predicted octanol–water partition coefficient (Wildman–Crippen LogP) is 5.60. The molecule has 0 amide bonds. The first-order chi connectivity index (χ1) is 17.7. The van der Waals surface area contributed by atoms with E-state index in [1.807, 2.05) is 0 Å². The summed E-state index contributed by atoms with van der Waals surface area (Å²) in [5, 5.41) is 0.609. The maximum atomic E-state index is 6.74. The molecule has 2 aliphatic carbocycles. The zero-order chi connectivity index (χ0) is 24.1. The Morgan fingerprint density at radius 3 is 2.78 bits per heavy atom. The van der Waals surface area contributed by atoms with E-state index in [0.29, 0.717) is 23.0 Å². The van der Waals surface area contributed by atoms with Crippen molar-refractivity contribution < 1.29 is 4.74 Å². The molecule has 0 radical (unpaired) electrons. The Hall–Kier alpha value is -1.87. The highest BCUT2D eigenvalue weighted by atomic mass is 127.